The van der Waals surface area contributed by atoms with Gasteiger partial charge in [-0.1, -0.05) is 12.1 Å². The molecule has 0 saturated carbocycles. The van der Waals surface area contributed by atoms with E-state index in [1.54, 1.807) is 18.2 Å². The largest absolute Gasteiger partial charge is 0.379 e. The van der Waals surface area contributed by atoms with Gasteiger partial charge in [-0.2, -0.15) is 10.5 Å². The van der Waals surface area contributed by atoms with Crippen LogP contribution in [0.25, 0.3) is 0 Å². The standard InChI is InChI=1S/C19H20N6/c1-24-7-9-25(10-8-24)18-6-5-15(13-22-18)14-23-19-16(11-20)3-2-4-17(19)12-21/h2-6,13,23H,7-10,14H2,1H3. The molecule has 0 aliphatic carbocycles. The van der Waals surface area contributed by atoms with Gasteiger partial charge in [-0.05, 0) is 30.8 Å². The lowest BCUT2D eigenvalue weighted by Gasteiger charge is -2.33. The van der Waals surface area contributed by atoms with Crippen LogP contribution >= 0.6 is 0 Å². The van der Waals surface area contributed by atoms with Crippen LogP contribution in [-0.4, -0.2) is 43.1 Å². The minimum Gasteiger partial charge on any atom is -0.379 e. The number of anilines is 2. The zero-order valence-corrected chi connectivity index (χ0v) is 14.2. The number of hydrogen-bond donors (Lipinski definition) is 1. The first-order valence-electron chi connectivity index (χ1n) is 8.27. The first-order valence-corrected chi connectivity index (χ1v) is 8.27. The molecule has 1 fully saturated rings. The minimum absolute atomic E-state index is 0.473. The lowest BCUT2D eigenvalue weighted by atomic mass is 10.1. The van der Waals surface area contributed by atoms with Crippen LogP contribution in [0.15, 0.2) is 36.5 Å². The third-order valence-electron chi connectivity index (χ3n) is 4.41. The van der Waals surface area contributed by atoms with Gasteiger partial charge in [-0.25, -0.2) is 4.98 Å². The highest BCUT2D eigenvalue weighted by molar-refractivity contribution is 5.66. The SMILES string of the molecule is CN1CCN(c2ccc(CNc3c(C#N)cccc3C#N)cn2)CC1. The van der Waals surface area contributed by atoms with Crippen LogP contribution in [0.4, 0.5) is 11.5 Å². The highest BCUT2D eigenvalue weighted by atomic mass is 15.3. The van der Waals surface area contributed by atoms with Crippen LogP contribution in [0, 0.1) is 22.7 Å². The predicted molar refractivity (Wildman–Crippen MR) is 97.1 cm³/mol. The van der Waals surface area contributed by atoms with Gasteiger partial charge in [0.25, 0.3) is 0 Å². The molecule has 1 aromatic carbocycles. The molecule has 3 rings (SSSR count). The number of benzene rings is 1. The molecule has 0 spiro atoms. The molecular formula is C19H20N6. The Labute approximate surface area is 147 Å². The average molecular weight is 332 g/mol. The molecule has 6 heteroatoms. The summed E-state index contributed by atoms with van der Waals surface area (Å²) in [6.07, 6.45) is 1.85. The topological polar surface area (TPSA) is 79.0 Å². The summed E-state index contributed by atoms with van der Waals surface area (Å²) in [5, 5.41) is 21.6. The van der Waals surface area contributed by atoms with Gasteiger partial charge >= 0.3 is 0 Å². The maximum atomic E-state index is 9.21. The van der Waals surface area contributed by atoms with Gasteiger partial charge in [0.1, 0.15) is 18.0 Å². The fourth-order valence-electron chi connectivity index (χ4n) is 2.86. The predicted octanol–water partition coefficient (Wildman–Crippen LogP) is 2.19. The van der Waals surface area contributed by atoms with E-state index in [1.807, 2.05) is 18.3 Å². The van der Waals surface area contributed by atoms with E-state index in [2.05, 4.69) is 39.3 Å². The Morgan fingerprint density at radius 3 is 2.28 bits per heavy atom. The Hall–Kier alpha value is -3.09. The summed E-state index contributed by atoms with van der Waals surface area (Å²) in [7, 11) is 2.13. The van der Waals surface area contributed by atoms with Crippen molar-refractivity contribution < 1.29 is 0 Å². The van der Waals surface area contributed by atoms with Gasteiger partial charge in [0.05, 0.1) is 16.8 Å². The van der Waals surface area contributed by atoms with E-state index in [-0.39, 0.29) is 0 Å². The number of aromatic nitrogens is 1. The van der Waals surface area contributed by atoms with Crippen molar-refractivity contribution in [3.63, 3.8) is 0 Å². The second-order valence-electron chi connectivity index (χ2n) is 6.12. The Bertz CT molecular complexity index is 775. The highest BCUT2D eigenvalue weighted by Crippen LogP contribution is 2.21. The van der Waals surface area contributed by atoms with Gasteiger partial charge < -0.3 is 15.1 Å². The van der Waals surface area contributed by atoms with Gasteiger partial charge in [0.2, 0.25) is 0 Å². The quantitative estimate of drug-likeness (QED) is 0.924. The van der Waals surface area contributed by atoms with Crippen LogP contribution in [0.1, 0.15) is 16.7 Å². The monoisotopic (exact) mass is 332 g/mol. The van der Waals surface area contributed by atoms with Crippen LogP contribution in [0.3, 0.4) is 0 Å². The molecule has 0 atom stereocenters. The van der Waals surface area contributed by atoms with Crippen LogP contribution in [-0.2, 0) is 6.54 Å². The maximum Gasteiger partial charge on any atom is 0.128 e. The molecule has 25 heavy (non-hydrogen) atoms. The lowest BCUT2D eigenvalue weighted by Crippen LogP contribution is -2.44. The Morgan fingerprint density at radius 1 is 1.04 bits per heavy atom. The number of pyridine rings is 1. The summed E-state index contributed by atoms with van der Waals surface area (Å²) in [5.74, 6) is 0.993. The summed E-state index contributed by atoms with van der Waals surface area (Å²) in [6.45, 7) is 4.59. The molecule has 1 aliphatic heterocycles. The fraction of sp³-hybridized carbons (Fsp3) is 0.316. The highest BCUT2D eigenvalue weighted by Gasteiger charge is 2.15. The van der Waals surface area contributed by atoms with Crippen LogP contribution < -0.4 is 10.2 Å². The molecule has 126 valence electrons. The lowest BCUT2D eigenvalue weighted by molar-refractivity contribution is 0.312. The van der Waals surface area contributed by atoms with Crippen molar-refractivity contribution in [2.24, 2.45) is 0 Å². The van der Waals surface area contributed by atoms with Gasteiger partial charge in [0, 0.05) is 38.9 Å². The van der Waals surface area contributed by atoms with Gasteiger partial charge in [-0.3, -0.25) is 0 Å². The van der Waals surface area contributed by atoms with Gasteiger partial charge in [0.15, 0.2) is 0 Å². The van der Waals surface area contributed by atoms with E-state index in [0.29, 0.717) is 23.4 Å². The second-order valence-corrected chi connectivity index (χ2v) is 6.12. The third kappa shape index (κ3) is 3.88. The molecular weight excluding hydrogens is 312 g/mol. The van der Waals surface area contributed by atoms with E-state index >= 15 is 0 Å². The van der Waals surface area contributed by atoms with Crippen molar-refractivity contribution in [2.75, 3.05) is 43.4 Å². The third-order valence-corrected chi connectivity index (χ3v) is 4.41. The molecule has 0 radical (unpaired) electrons. The number of rotatable bonds is 4. The van der Waals surface area contributed by atoms with Crippen LogP contribution in [0.5, 0.6) is 0 Å². The van der Waals surface area contributed by atoms with Crippen molar-refractivity contribution in [1.82, 2.24) is 9.88 Å². The first-order chi connectivity index (χ1) is 12.2. The van der Waals surface area contributed by atoms with E-state index in [1.165, 1.54) is 0 Å². The summed E-state index contributed by atoms with van der Waals surface area (Å²) in [5.41, 5.74) is 2.53. The summed E-state index contributed by atoms with van der Waals surface area (Å²) in [6, 6.07) is 13.4. The Morgan fingerprint density at radius 2 is 1.72 bits per heavy atom. The Kier molecular flexibility index (Phi) is 5.13. The van der Waals surface area contributed by atoms with Crippen molar-refractivity contribution in [2.45, 2.75) is 6.54 Å². The molecule has 6 nitrogen and oxygen atoms in total. The zero-order chi connectivity index (χ0) is 17.6. The molecule has 1 aliphatic rings. The molecule has 2 aromatic rings. The minimum atomic E-state index is 0.473. The fourth-order valence-corrected chi connectivity index (χ4v) is 2.86. The number of hydrogen-bond acceptors (Lipinski definition) is 6. The van der Waals surface area contributed by atoms with Crippen molar-refractivity contribution >= 4 is 11.5 Å². The number of likely N-dealkylation sites (N-methyl/N-ethyl adjacent to an activating group) is 1. The van der Waals surface area contributed by atoms with Crippen molar-refractivity contribution in [3.05, 3.63) is 53.2 Å². The van der Waals surface area contributed by atoms with Crippen molar-refractivity contribution in [3.8, 4) is 12.1 Å². The van der Waals surface area contributed by atoms with E-state index in [9.17, 15) is 10.5 Å². The molecule has 1 saturated heterocycles. The smallest absolute Gasteiger partial charge is 0.128 e. The van der Waals surface area contributed by atoms with E-state index in [0.717, 1.165) is 37.6 Å². The number of nitrogens with zero attached hydrogens (tertiary/aromatic N) is 5. The zero-order valence-electron chi connectivity index (χ0n) is 14.2. The molecule has 0 unspecified atom stereocenters. The van der Waals surface area contributed by atoms with Crippen molar-refractivity contribution in [1.29, 1.82) is 10.5 Å². The number of piperazine rings is 1. The molecule has 1 N–H and O–H groups in total. The maximum absolute atomic E-state index is 9.21. The molecule has 2 heterocycles. The summed E-state index contributed by atoms with van der Waals surface area (Å²) in [4.78, 5) is 9.16. The number of nitrogens with one attached hydrogen (secondary N) is 1. The molecule has 0 amide bonds. The molecule has 0 bridgehead atoms. The normalized spacial score (nSPS) is 14.6. The van der Waals surface area contributed by atoms with Crippen LogP contribution in [0.2, 0.25) is 0 Å². The first kappa shape index (κ1) is 16.8. The van der Waals surface area contributed by atoms with E-state index < -0.39 is 0 Å². The number of nitriles is 2. The second kappa shape index (κ2) is 7.65. The summed E-state index contributed by atoms with van der Waals surface area (Å²) < 4.78 is 0. The van der Waals surface area contributed by atoms with E-state index in [4.69, 9.17) is 0 Å². The Balaban J connectivity index is 1.67. The summed E-state index contributed by atoms with van der Waals surface area (Å²) >= 11 is 0. The molecule has 1 aromatic heterocycles. The number of para-hydroxylation sites is 1. The average Bonchev–Trinajstić information content (AvgIpc) is 2.67. The van der Waals surface area contributed by atoms with Gasteiger partial charge in [-0.15, -0.1) is 0 Å².